The van der Waals surface area contributed by atoms with Crippen LogP contribution >= 0.6 is 0 Å². The van der Waals surface area contributed by atoms with E-state index in [2.05, 4.69) is 58.0 Å². The highest BCUT2D eigenvalue weighted by atomic mass is 16.5. The van der Waals surface area contributed by atoms with Crippen LogP contribution in [0.15, 0.2) is 54.6 Å². The first kappa shape index (κ1) is 22.6. The van der Waals surface area contributed by atoms with Crippen LogP contribution in [0.1, 0.15) is 25.7 Å². The van der Waals surface area contributed by atoms with Crippen molar-refractivity contribution in [3.8, 4) is 17.0 Å². The highest BCUT2D eigenvalue weighted by Gasteiger charge is 2.23. The third-order valence-corrected chi connectivity index (χ3v) is 6.18. The Hall–Kier alpha value is -2.63. The molecule has 1 aliphatic rings. The highest BCUT2D eigenvalue weighted by Crippen LogP contribution is 2.30. The molecule has 1 aromatic heterocycles. The van der Waals surface area contributed by atoms with Crippen molar-refractivity contribution in [2.24, 2.45) is 5.92 Å². The van der Waals surface area contributed by atoms with E-state index in [1.165, 1.54) is 37.7 Å². The summed E-state index contributed by atoms with van der Waals surface area (Å²) in [6.07, 6.45) is 5.19. The van der Waals surface area contributed by atoms with Crippen molar-refractivity contribution in [3.63, 3.8) is 0 Å². The number of anilines is 1. The molecule has 0 radical (unpaired) electrons. The van der Waals surface area contributed by atoms with E-state index in [0.717, 1.165) is 60.2 Å². The van der Waals surface area contributed by atoms with Gasteiger partial charge < -0.3 is 20.3 Å². The lowest BCUT2D eigenvalue weighted by Gasteiger charge is -2.22. The van der Waals surface area contributed by atoms with Crippen molar-refractivity contribution in [2.75, 3.05) is 52.2 Å². The Balaban J connectivity index is 1.42. The number of ether oxygens (including phenoxy) is 1. The molecular formula is C27H36N4O. The van der Waals surface area contributed by atoms with Gasteiger partial charge in [0.25, 0.3) is 0 Å². The second-order valence-electron chi connectivity index (χ2n) is 8.78. The summed E-state index contributed by atoms with van der Waals surface area (Å²) in [5.74, 6) is 1.80. The minimum atomic E-state index is 0.860. The van der Waals surface area contributed by atoms with Crippen LogP contribution in [-0.2, 0) is 0 Å². The summed E-state index contributed by atoms with van der Waals surface area (Å²) in [5, 5.41) is 8.15. The number of benzene rings is 2. The van der Waals surface area contributed by atoms with Gasteiger partial charge >= 0.3 is 0 Å². The molecule has 170 valence electrons. The summed E-state index contributed by atoms with van der Waals surface area (Å²) in [4.78, 5) is 7.56. The Morgan fingerprint density at radius 1 is 1.00 bits per heavy atom. The molecule has 2 N–H and O–H groups in total. The molecule has 5 heteroatoms. The van der Waals surface area contributed by atoms with Crippen LogP contribution in [0.25, 0.3) is 22.2 Å². The maximum Gasteiger partial charge on any atom is 0.118 e. The zero-order valence-corrected chi connectivity index (χ0v) is 19.4. The van der Waals surface area contributed by atoms with Crippen LogP contribution in [0.2, 0.25) is 0 Å². The van der Waals surface area contributed by atoms with Crippen molar-refractivity contribution in [3.05, 3.63) is 54.6 Å². The molecule has 0 saturated heterocycles. The van der Waals surface area contributed by atoms with Crippen LogP contribution in [-0.4, -0.2) is 56.8 Å². The molecule has 0 spiro atoms. The standard InChI is InChI=1S/C27H36N4O/c1-28-15-5-17-31(20-21-9-10-21)18-6-16-29-27-19-26(22-11-13-23(32-2)14-12-22)30-25-8-4-3-7-24(25)27/h3-4,7-8,11-14,19,21,28H,5-6,9-10,15-18,20H2,1-2H3,(H,29,30). The van der Waals surface area contributed by atoms with Gasteiger partial charge in [0.05, 0.1) is 18.3 Å². The minimum Gasteiger partial charge on any atom is -0.497 e. The van der Waals surface area contributed by atoms with Gasteiger partial charge in [0.2, 0.25) is 0 Å². The van der Waals surface area contributed by atoms with Crippen LogP contribution in [0.4, 0.5) is 5.69 Å². The molecule has 32 heavy (non-hydrogen) atoms. The third-order valence-electron chi connectivity index (χ3n) is 6.18. The van der Waals surface area contributed by atoms with Gasteiger partial charge in [0.15, 0.2) is 0 Å². The Bertz CT molecular complexity index is 985. The monoisotopic (exact) mass is 432 g/mol. The summed E-state index contributed by atoms with van der Waals surface area (Å²) in [5.41, 5.74) is 4.26. The fraction of sp³-hybridized carbons (Fsp3) is 0.444. The summed E-state index contributed by atoms with van der Waals surface area (Å²) in [7, 11) is 3.73. The van der Waals surface area contributed by atoms with Gasteiger partial charge in [-0.05, 0) is 94.7 Å². The van der Waals surface area contributed by atoms with Crippen LogP contribution in [0.5, 0.6) is 5.75 Å². The van der Waals surface area contributed by atoms with Gasteiger partial charge in [-0.3, -0.25) is 0 Å². The molecule has 4 rings (SSSR count). The molecule has 2 aromatic carbocycles. The molecule has 0 aliphatic heterocycles. The fourth-order valence-corrected chi connectivity index (χ4v) is 4.20. The topological polar surface area (TPSA) is 49.4 Å². The third kappa shape index (κ3) is 6.21. The maximum absolute atomic E-state index is 5.30. The molecule has 5 nitrogen and oxygen atoms in total. The fourth-order valence-electron chi connectivity index (χ4n) is 4.20. The first-order valence-electron chi connectivity index (χ1n) is 11.9. The number of rotatable bonds is 13. The molecule has 1 fully saturated rings. The lowest BCUT2D eigenvalue weighted by Crippen LogP contribution is -2.31. The Labute approximate surface area is 192 Å². The van der Waals surface area contributed by atoms with E-state index in [0.29, 0.717) is 0 Å². The number of hydrogen-bond donors (Lipinski definition) is 2. The predicted molar refractivity (Wildman–Crippen MR) is 135 cm³/mol. The summed E-state index contributed by atoms with van der Waals surface area (Å²) in [6.45, 7) is 5.67. The number of aromatic nitrogens is 1. The molecule has 1 aliphatic carbocycles. The molecule has 0 unspecified atom stereocenters. The summed E-state index contributed by atoms with van der Waals surface area (Å²) < 4.78 is 5.30. The SMILES string of the molecule is CNCCCN(CCCNc1cc(-c2ccc(OC)cc2)nc2ccccc12)CC1CC1. The first-order chi connectivity index (χ1) is 15.8. The molecule has 0 bridgehead atoms. The number of fused-ring (bicyclic) bond motifs is 1. The van der Waals surface area contributed by atoms with E-state index in [4.69, 9.17) is 9.72 Å². The normalized spacial score (nSPS) is 13.6. The second kappa shape index (κ2) is 11.3. The smallest absolute Gasteiger partial charge is 0.118 e. The van der Waals surface area contributed by atoms with E-state index < -0.39 is 0 Å². The van der Waals surface area contributed by atoms with E-state index >= 15 is 0 Å². The van der Waals surface area contributed by atoms with Gasteiger partial charge in [0, 0.05) is 29.7 Å². The van der Waals surface area contributed by atoms with Gasteiger partial charge in [-0.1, -0.05) is 18.2 Å². The Morgan fingerprint density at radius 2 is 1.75 bits per heavy atom. The zero-order valence-electron chi connectivity index (χ0n) is 19.4. The van der Waals surface area contributed by atoms with Gasteiger partial charge in [-0.2, -0.15) is 0 Å². The average Bonchev–Trinajstić information content (AvgIpc) is 3.65. The molecular weight excluding hydrogens is 396 g/mol. The molecule has 3 aromatic rings. The molecule has 0 atom stereocenters. The van der Waals surface area contributed by atoms with E-state index in [-0.39, 0.29) is 0 Å². The number of hydrogen-bond acceptors (Lipinski definition) is 5. The van der Waals surface area contributed by atoms with Crippen LogP contribution in [0, 0.1) is 5.92 Å². The average molecular weight is 433 g/mol. The van der Waals surface area contributed by atoms with Crippen LogP contribution < -0.4 is 15.4 Å². The number of nitrogens with one attached hydrogen (secondary N) is 2. The lowest BCUT2D eigenvalue weighted by molar-refractivity contribution is 0.258. The predicted octanol–water partition coefficient (Wildman–Crippen LogP) is 5.03. The largest absolute Gasteiger partial charge is 0.497 e. The summed E-state index contributed by atoms with van der Waals surface area (Å²) in [6, 6.07) is 18.7. The van der Waals surface area contributed by atoms with E-state index in [9.17, 15) is 0 Å². The zero-order chi connectivity index (χ0) is 22.2. The second-order valence-corrected chi connectivity index (χ2v) is 8.78. The van der Waals surface area contributed by atoms with E-state index in [1.54, 1.807) is 7.11 Å². The van der Waals surface area contributed by atoms with Gasteiger partial charge in [0.1, 0.15) is 5.75 Å². The molecule has 1 saturated carbocycles. The number of nitrogens with zero attached hydrogens (tertiary/aromatic N) is 2. The Morgan fingerprint density at radius 3 is 2.47 bits per heavy atom. The van der Waals surface area contributed by atoms with Crippen molar-refractivity contribution >= 4 is 16.6 Å². The van der Waals surface area contributed by atoms with Crippen molar-refractivity contribution in [1.29, 1.82) is 0 Å². The van der Waals surface area contributed by atoms with E-state index in [1.807, 2.05) is 19.2 Å². The first-order valence-corrected chi connectivity index (χ1v) is 11.9. The Kier molecular flexibility index (Phi) is 7.97. The number of pyridine rings is 1. The number of para-hydroxylation sites is 1. The van der Waals surface area contributed by atoms with Crippen molar-refractivity contribution in [2.45, 2.75) is 25.7 Å². The number of methoxy groups -OCH3 is 1. The van der Waals surface area contributed by atoms with Gasteiger partial charge in [-0.25, -0.2) is 4.98 Å². The maximum atomic E-state index is 5.30. The minimum absolute atomic E-state index is 0.860. The van der Waals surface area contributed by atoms with Crippen LogP contribution in [0.3, 0.4) is 0 Å². The van der Waals surface area contributed by atoms with Crippen molar-refractivity contribution in [1.82, 2.24) is 15.2 Å². The highest BCUT2D eigenvalue weighted by molar-refractivity contribution is 5.93. The summed E-state index contributed by atoms with van der Waals surface area (Å²) >= 11 is 0. The molecule has 1 heterocycles. The van der Waals surface area contributed by atoms with Gasteiger partial charge in [-0.15, -0.1) is 0 Å². The lowest BCUT2D eigenvalue weighted by atomic mass is 10.1. The van der Waals surface area contributed by atoms with Crippen molar-refractivity contribution < 1.29 is 4.74 Å². The molecule has 0 amide bonds. The quantitative estimate of drug-likeness (QED) is 0.371.